The number of carbonyl (C=O) groups is 1. The zero-order valence-electron chi connectivity index (χ0n) is 14.8. The molecule has 0 unspecified atom stereocenters. The fourth-order valence-corrected chi connectivity index (χ4v) is 2.67. The van der Waals surface area contributed by atoms with E-state index in [4.69, 9.17) is 4.74 Å². The van der Waals surface area contributed by atoms with Crippen LogP contribution in [-0.2, 0) is 6.54 Å². The minimum absolute atomic E-state index is 0.0453. The monoisotopic (exact) mass is 352 g/mol. The van der Waals surface area contributed by atoms with Crippen LogP contribution in [0.2, 0.25) is 0 Å². The molecule has 0 aliphatic heterocycles. The second kappa shape index (κ2) is 7.87. The Hall–Kier alpha value is -3.08. The number of hydrogen-bond acceptors (Lipinski definition) is 2. The third-order valence-corrected chi connectivity index (χ3v) is 3.82. The molecule has 1 N–H and O–H groups in total. The first-order valence-corrected chi connectivity index (χ1v) is 8.49. The Kier molecular flexibility index (Phi) is 5.37. The van der Waals surface area contributed by atoms with Crippen molar-refractivity contribution in [3.05, 3.63) is 83.9 Å². The molecule has 3 aromatic rings. The molecule has 0 aliphatic carbocycles. The van der Waals surface area contributed by atoms with Crippen LogP contribution in [0.3, 0.4) is 0 Å². The zero-order valence-corrected chi connectivity index (χ0v) is 14.8. The Labute approximate surface area is 152 Å². The first-order valence-electron chi connectivity index (χ1n) is 8.49. The van der Waals surface area contributed by atoms with Gasteiger partial charge in [0, 0.05) is 18.8 Å². The summed E-state index contributed by atoms with van der Waals surface area (Å²) in [6.45, 7) is 4.31. The average molecular weight is 352 g/mol. The molecule has 1 heterocycles. The summed E-state index contributed by atoms with van der Waals surface area (Å²) < 4.78 is 21.5. The Balaban J connectivity index is 1.74. The molecule has 1 aromatic heterocycles. The van der Waals surface area contributed by atoms with Gasteiger partial charge in [-0.2, -0.15) is 0 Å². The standard InChI is InChI=1S/C21H21FN2O2/c1-15(2)26-17-10-11-19(18(22)13-17)23-21(25)20-9-6-12-24(20)14-16-7-4-3-5-8-16/h3-13,15H,14H2,1-2H3,(H,23,25). The highest BCUT2D eigenvalue weighted by Crippen LogP contribution is 2.22. The maximum Gasteiger partial charge on any atom is 0.272 e. The van der Waals surface area contributed by atoms with Crippen LogP contribution in [0.1, 0.15) is 29.9 Å². The molecule has 5 heteroatoms. The number of rotatable bonds is 6. The van der Waals surface area contributed by atoms with Gasteiger partial charge in [-0.15, -0.1) is 0 Å². The van der Waals surface area contributed by atoms with E-state index in [2.05, 4.69) is 5.32 Å². The summed E-state index contributed by atoms with van der Waals surface area (Å²) in [5.74, 6) is -0.456. The van der Waals surface area contributed by atoms with Crippen molar-refractivity contribution < 1.29 is 13.9 Å². The van der Waals surface area contributed by atoms with Crippen LogP contribution in [0.4, 0.5) is 10.1 Å². The predicted molar refractivity (Wildman–Crippen MR) is 100 cm³/mol. The number of amides is 1. The lowest BCUT2D eigenvalue weighted by Crippen LogP contribution is -2.18. The first kappa shape index (κ1) is 17.7. The van der Waals surface area contributed by atoms with E-state index >= 15 is 0 Å². The molecule has 0 radical (unpaired) electrons. The lowest BCUT2D eigenvalue weighted by atomic mass is 10.2. The molecular weight excluding hydrogens is 331 g/mol. The number of nitrogens with one attached hydrogen (secondary N) is 1. The summed E-state index contributed by atoms with van der Waals surface area (Å²) in [6.07, 6.45) is 1.79. The Bertz CT molecular complexity index is 888. The number of carbonyl (C=O) groups excluding carboxylic acids is 1. The number of aromatic nitrogens is 1. The van der Waals surface area contributed by atoms with E-state index in [1.807, 2.05) is 54.9 Å². The summed E-state index contributed by atoms with van der Waals surface area (Å²) in [5.41, 5.74) is 1.67. The van der Waals surface area contributed by atoms with Gasteiger partial charge < -0.3 is 14.6 Å². The van der Waals surface area contributed by atoms with E-state index in [0.29, 0.717) is 18.0 Å². The smallest absolute Gasteiger partial charge is 0.272 e. The molecule has 0 atom stereocenters. The topological polar surface area (TPSA) is 43.3 Å². The quantitative estimate of drug-likeness (QED) is 0.698. The van der Waals surface area contributed by atoms with Gasteiger partial charge in [-0.3, -0.25) is 4.79 Å². The molecule has 0 spiro atoms. The van der Waals surface area contributed by atoms with Crippen molar-refractivity contribution in [3.63, 3.8) is 0 Å². The lowest BCUT2D eigenvalue weighted by molar-refractivity contribution is 0.101. The second-order valence-corrected chi connectivity index (χ2v) is 6.27. The SMILES string of the molecule is CC(C)Oc1ccc(NC(=O)c2cccn2Cc2ccccc2)c(F)c1. The maximum atomic E-state index is 14.2. The maximum absolute atomic E-state index is 14.2. The molecule has 0 saturated heterocycles. The highest BCUT2D eigenvalue weighted by molar-refractivity contribution is 6.03. The molecule has 0 aliphatic rings. The van der Waals surface area contributed by atoms with E-state index in [9.17, 15) is 9.18 Å². The number of nitrogens with zero attached hydrogens (tertiary/aromatic N) is 1. The van der Waals surface area contributed by atoms with Crippen molar-refractivity contribution in [2.24, 2.45) is 0 Å². The van der Waals surface area contributed by atoms with Crippen molar-refractivity contribution in [1.82, 2.24) is 4.57 Å². The van der Waals surface area contributed by atoms with E-state index in [-0.39, 0.29) is 17.7 Å². The number of ether oxygens (including phenoxy) is 1. The minimum atomic E-state index is -0.530. The van der Waals surface area contributed by atoms with Gasteiger partial charge >= 0.3 is 0 Å². The van der Waals surface area contributed by atoms with Crippen LogP contribution in [0.15, 0.2) is 66.9 Å². The van der Waals surface area contributed by atoms with Gasteiger partial charge in [0.25, 0.3) is 5.91 Å². The largest absolute Gasteiger partial charge is 0.491 e. The van der Waals surface area contributed by atoms with Crippen LogP contribution < -0.4 is 10.1 Å². The fraction of sp³-hybridized carbons (Fsp3) is 0.190. The van der Waals surface area contributed by atoms with Crippen molar-refractivity contribution >= 4 is 11.6 Å². The summed E-state index contributed by atoms with van der Waals surface area (Å²) in [5, 5.41) is 2.63. The molecule has 4 nitrogen and oxygen atoms in total. The molecule has 1 amide bonds. The van der Waals surface area contributed by atoms with Crippen molar-refractivity contribution in [3.8, 4) is 5.75 Å². The Morgan fingerprint density at radius 2 is 1.88 bits per heavy atom. The lowest BCUT2D eigenvalue weighted by Gasteiger charge is -2.13. The summed E-state index contributed by atoms with van der Waals surface area (Å²) in [6, 6.07) is 17.8. The number of hydrogen-bond donors (Lipinski definition) is 1. The van der Waals surface area contributed by atoms with Crippen LogP contribution in [0.25, 0.3) is 0 Å². The third kappa shape index (κ3) is 4.30. The van der Waals surface area contributed by atoms with Gasteiger partial charge in [0.1, 0.15) is 17.3 Å². The Morgan fingerprint density at radius 3 is 2.58 bits per heavy atom. The highest BCUT2D eigenvalue weighted by Gasteiger charge is 2.14. The van der Waals surface area contributed by atoms with Gasteiger partial charge in [-0.05, 0) is 43.7 Å². The van der Waals surface area contributed by atoms with Crippen molar-refractivity contribution in [2.75, 3.05) is 5.32 Å². The van der Waals surface area contributed by atoms with Gasteiger partial charge in [0.2, 0.25) is 0 Å². The van der Waals surface area contributed by atoms with E-state index in [1.165, 1.54) is 12.1 Å². The van der Waals surface area contributed by atoms with Gasteiger partial charge in [-0.1, -0.05) is 30.3 Å². The first-order chi connectivity index (χ1) is 12.5. The predicted octanol–water partition coefficient (Wildman–Crippen LogP) is 4.72. The van der Waals surface area contributed by atoms with Crippen LogP contribution in [0.5, 0.6) is 5.75 Å². The van der Waals surface area contributed by atoms with Crippen LogP contribution >= 0.6 is 0 Å². The van der Waals surface area contributed by atoms with Crippen LogP contribution in [0, 0.1) is 5.82 Å². The van der Waals surface area contributed by atoms with Crippen LogP contribution in [-0.4, -0.2) is 16.6 Å². The molecule has 0 bridgehead atoms. The number of benzene rings is 2. The van der Waals surface area contributed by atoms with Crippen molar-refractivity contribution in [2.45, 2.75) is 26.5 Å². The number of anilines is 1. The molecule has 3 rings (SSSR count). The minimum Gasteiger partial charge on any atom is -0.491 e. The number of halogens is 1. The molecular formula is C21H21FN2O2. The highest BCUT2D eigenvalue weighted by atomic mass is 19.1. The molecule has 0 fully saturated rings. The van der Waals surface area contributed by atoms with Gasteiger partial charge in [0.15, 0.2) is 0 Å². The summed E-state index contributed by atoms with van der Waals surface area (Å²) in [7, 11) is 0. The van der Waals surface area contributed by atoms with Gasteiger partial charge in [-0.25, -0.2) is 4.39 Å². The second-order valence-electron chi connectivity index (χ2n) is 6.27. The van der Waals surface area contributed by atoms with E-state index in [0.717, 1.165) is 5.56 Å². The van der Waals surface area contributed by atoms with Gasteiger partial charge in [0.05, 0.1) is 11.8 Å². The fourth-order valence-electron chi connectivity index (χ4n) is 2.67. The van der Waals surface area contributed by atoms with E-state index in [1.54, 1.807) is 18.2 Å². The average Bonchev–Trinajstić information content (AvgIpc) is 3.06. The molecule has 0 saturated carbocycles. The normalized spacial score (nSPS) is 10.8. The molecule has 134 valence electrons. The van der Waals surface area contributed by atoms with E-state index < -0.39 is 5.82 Å². The third-order valence-electron chi connectivity index (χ3n) is 3.82. The Morgan fingerprint density at radius 1 is 1.12 bits per heavy atom. The summed E-state index contributed by atoms with van der Waals surface area (Å²) >= 11 is 0. The zero-order chi connectivity index (χ0) is 18.5. The summed E-state index contributed by atoms with van der Waals surface area (Å²) in [4.78, 5) is 12.6. The molecule has 26 heavy (non-hydrogen) atoms. The molecule has 2 aromatic carbocycles. The van der Waals surface area contributed by atoms with Crippen molar-refractivity contribution in [1.29, 1.82) is 0 Å².